The zero-order chi connectivity index (χ0) is 13.4. The van der Waals surface area contributed by atoms with Gasteiger partial charge < -0.3 is 5.32 Å². The first kappa shape index (κ1) is 13.4. The number of hydrogen-bond acceptors (Lipinski definition) is 2. The Bertz CT molecular complexity index is 640. The Labute approximate surface area is 132 Å². The molecule has 3 rings (SSSR count). The Hall–Kier alpha value is -0.550. The summed E-state index contributed by atoms with van der Waals surface area (Å²) in [6.07, 6.45) is 4.57. The minimum absolute atomic E-state index is 0.788. The average Bonchev–Trinajstić information content (AvgIpc) is 2.83. The third-order valence-electron chi connectivity index (χ3n) is 3.59. The highest BCUT2D eigenvalue weighted by Gasteiger charge is 2.20. The lowest BCUT2D eigenvalue weighted by atomic mass is 10.1. The van der Waals surface area contributed by atoms with Crippen LogP contribution < -0.4 is 5.32 Å². The molecule has 0 radical (unpaired) electrons. The van der Waals surface area contributed by atoms with Crippen LogP contribution in [0.15, 0.2) is 12.1 Å². The maximum absolute atomic E-state index is 6.22. The van der Waals surface area contributed by atoms with Crippen LogP contribution in [-0.4, -0.2) is 11.5 Å². The molecule has 1 heterocycles. The predicted octanol–water partition coefficient (Wildman–Crippen LogP) is 4.80. The van der Waals surface area contributed by atoms with Crippen LogP contribution in [0.25, 0.3) is 10.9 Å². The van der Waals surface area contributed by atoms with E-state index in [9.17, 15) is 0 Å². The summed E-state index contributed by atoms with van der Waals surface area (Å²) >= 11 is 8.55. The van der Waals surface area contributed by atoms with Crippen molar-refractivity contribution in [3.63, 3.8) is 0 Å². The van der Waals surface area contributed by atoms with Crippen molar-refractivity contribution in [2.24, 2.45) is 0 Å². The highest BCUT2D eigenvalue weighted by molar-refractivity contribution is 14.1. The Morgan fingerprint density at radius 2 is 2.21 bits per heavy atom. The van der Waals surface area contributed by atoms with Crippen molar-refractivity contribution in [2.75, 3.05) is 11.9 Å². The summed E-state index contributed by atoms with van der Waals surface area (Å²) in [6, 6.07) is 4.03. The van der Waals surface area contributed by atoms with Crippen molar-refractivity contribution in [2.45, 2.75) is 32.6 Å². The predicted molar refractivity (Wildman–Crippen MR) is 90.3 cm³/mol. The van der Waals surface area contributed by atoms with E-state index in [1.807, 2.05) is 12.1 Å². The molecule has 0 saturated heterocycles. The maximum atomic E-state index is 6.22. The lowest BCUT2D eigenvalue weighted by molar-refractivity contribution is 0.900. The fourth-order valence-corrected chi connectivity index (χ4v) is 3.89. The third-order valence-corrected chi connectivity index (χ3v) is 4.63. The first-order valence-corrected chi connectivity index (χ1v) is 8.20. The van der Waals surface area contributed by atoms with Crippen molar-refractivity contribution in [1.29, 1.82) is 0 Å². The van der Waals surface area contributed by atoms with Crippen LogP contribution in [0.3, 0.4) is 0 Å². The molecule has 0 saturated carbocycles. The van der Waals surface area contributed by atoms with Crippen LogP contribution in [0.2, 0.25) is 5.02 Å². The van der Waals surface area contributed by atoms with E-state index < -0.39 is 0 Å². The SMILES string of the molecule is CCCNc1c2c(nc3c(I)cc(Cl)cc13)CCC2. The van der Waals surface area contributed by atoms with Crippen LogP contribution in [0.5, 0.6) is 0 Å². The Kier molecular flexibility index (Phi) is 3.85. The summed E-state index contributed by atoms with van der Waals surface area (Å²) in [4.78, 5) is 4.86. The van der Waals surface area contributed by atoms with Gasteiger partial charge in [-0.3, -0.25) is 4.98 Å². The fraction of sp³-hybridized carbons (Fsp3) is 0.400. The van der Waals surface area contributed by atoms with Gasteiger partial charge in [0.25, 0.3) is 0 Å². The lowest BCUT2D eigenvalue weighted by Gasteiger charge is -2.15. The molecule has 2 aromatic rings. The number of nitrogens with zero attached hydrogens (tertiary/aromatic N) is 1. The standard InChI is InChI=1S/C15H16ClIN2/c1-2-6-18-14-10-4-3-5-13(10)19-15-11(14)7-9(16)8-12(15)17/h7-8H,2-6H2,1H3,(H,18,19). The van der Waals surface area contributed by atoms with Crippen molar-refractivity contribution >= 4 is 50.8 Å². The minimum Gasteiger partial charge on any atom is -0.384 e. The van der Waals surface area contributed by atoms with Gasteiger partial charge in [-0.1, -0.05) is 18.5 Å². The molecule has 1 aliphatic carbocycles. The van der Waals surface area contributed by atoms with E-state index in [1.165, 1.54) is 28.8 Å². The molecule has 0 amide bonds. The first-order valence-electron chi connectivity index (χ1n) is 6.75. The molecule has 2 nitrogen and oxygen atoms in total. The summed E-state index contributed by atoms with van der Waals surface area (Å²) in [6.45, 7) is 3.18. The number of fused-ring (bicyclic) bond motifs is 2. The zero-order valence-electron chi connectivity index (χ0n) is 10.9. The van der Waals surface area contributed by atoms with E-state index in [0.29, 0.717) is 0 Å². The van der Waals surface area contributed by atoms with Gasteiger partial charge in [-0.15, -0.1) is 0 Å². The van der Waals surface area contributed by atoms with E-state index >= 15 is 0 Å². The molecule has 0 aliphatic heterocycles. The molecule has 1 N–H and O–H groups in total. The summed E-state index contributed by atoms with van der Waals surface area (Å²) in [5.41, 5.74) is 5.02. The number of aryl methyl sites for hydroxylation is 1. The smallest absolute Gasteiger partial charge is 0.0860 e. The highest BCUT2D eigenvalue weighted by atomic mass is 127. The molecule has 0 fully saturated rings. The van der Waals surface area contributed by atoms with E-state index in [-0.39, 0.29) is 0 Å². The normalized spacial score (nSPS) is 13.8. The van der Waals surface area contributed by atoms with Gasteiger partial charge in [-0.05, 0) is 66.0 Å². The van der Waals surface area contributed by atoms with Crippen molar-refractivity contribution in [3.8, 4) is 0 Å². The number of halogens is 2. The number of anilines is 1. The van der Waals surface area contributed by atoms with Crippen molar-refractivity contribution < 1.29 is 0 Å². The second-order valence-electron chi connectivity index (χ2n) is 4.98. The molecule has 100 valence electrons. The summed E-state index contributed by atoms with van der Waals surface area (Å²) < 4.78 is 1.13. The number of hydrogen-bond donors (Lipinski definition) is 1. The van der Waals surface area contributed by atoms with Gasteiger partial charge in [0.05, 0.1) is 5.52 Å². The van der Waals surface area contributed by atoms with E-state index in [1.54, 1.807) is 0 Å². The van der Waals surface area contributed by atoms with Gasteiger partial charge in [0.15, 0.2) is 0 Å². The number of benzene rings is 1. The topological polar surface area (TPSA) is 24.9 Å². The van der Waals surface area contributed by atoms with E-state index in [0.717, 1.165) is 39.9 Å². The second-order valence-corrected chi connectivity index (χ2v) is 6.57. The van der Waals surface area contributed by atoms with Gasteiger partial charge in [-0.25, -0.2) is 0 Å². The minimum atomic E-state index is 0.788. The van der Waals surface area contributed by atoms with Gasteiger partial charge in [-0.2, -0.15) is 0 Å². The van der Waals surface area contributed by atoms with E-state index in [2.05, 4.69) is 34.8 Å². The molecule has 1 aromatic carbocycles. The molecule has 1 aliphatic rings. The number of nitrogens with one attached hydrogen (secondary N) is 1. The fourth-order valence-electron chi connectivity index (χ4n) is 2.74. The largest absolute Gasteiger partial charge is 0.384 e. The van der Waals surface area contributed by atoms with Crippen LogP contribution >= 0.6 is 34.2 Å². The lowest BCUT2D eigenvalue weighted by Crippen LogP contribution is -2.05. The van der Waals surface area contributed by atoms with Crippen LogP contribution in [0.1, 0.15) is 31.0 Å². The quantitative estimate of drug-likeness (QED) is 0.766. The molecule has 19 heavy (non-hydrogen) atoms. The molecule has 0 spiro atoms. The number of rotatable bonds is 3. The molecule has 4 heteroatoms. The maximum Gasteiger partial charge on any atom is 0.0860 e. The average molecular weight is 387 g/mol. The summed E-state index contributed by atoms with van der Waals surface area (Å²) in [7, 11) is 0. The zero-order valence-corrected chi connectivity index (χ0v) is 13.8. The van der Waals surface area contributed by atoms with Crippen LogP contribution in [0, 0.1) is 3.57 Å². The third kappa shape index (κ3) is 2.42. The Morgan fingerprint density at radius 1 is 1.37 bits per heavy atom. The number of pyridine rings is 1. The first-order chi connectivity index (χ1) is 9.20. The van der Waals surface area contributed by atoms with Crippen molar-refractivity contribution in [1.82, 2.24) is 4.98 Å². The van der Waals surface area contributed by atoms with Gasteiger partial charge in [0.1, 0.15) is 0 Å². The monoisotopic (exact) mass is 386 g/mol. The van der Waals surface area contributed by atoms with Crippen LogP contribution in [-0.2, 0) is 12.8 Å². The van der Waals surface area contributed by atoms with Gasteiger partial charge in [0.2, 0.25) is 0 Å². The van der Waals surface area contributed by atoms with E-state index in [4.69, 9.17) is 16.6 Å². The summed E-state index contributed by atoms with van der Waals surface area (Å²) in [5.74, 6) is 0. The molecular weight excluding hydrogens is 371 g/mol. The molecule has 0 atom stereocenters. The number of aromatic nitrogens is 1. The highest BCUT2D eigenvalue weighted by Crippen LogP contribution is 2.37. The molecule has 1 aromatic heterocycles. The molecule has 0 unspecified atom stereocenters. The van der Waals surface area contributed by atoms with Crippen molar-refractivity contribution in [3.05, 3.63) is 32.0 Å². The molecular formula is C15H16ClIN2. The van der Waals surface area contributed by atoms with Gasteiger partial charge in [0, 0.05) is 31.9 Å². The van der Waals surface area contributed by atoms with Crippen LogP contribution in [0.4, 0.5) is 5.69 Å². The Balaban J connectivity index is 2.28. The Morgan fingerprint density at radius 3 is 3.00 bits per heavy atom. The summed E-state index contributed by atoms with van der Waals surface area (Å²) in [5, 5.41) is 5.55. The molecule has 0 bridgehead atoms. The second kappa shape index (κ2) is 5.44. The van der Waals surface area contributed by atoms with Gasteiger partial charge >= 0.3 is 0 Å².